The van der Waals surface area contributed by atoms with Crippen LogP contribution in [0.2, 0.25) is 0 Å². The second-order valence-corrected chi connectivity index (χ2v) is 5.42. The van der Waals surface area contributed by atoms with Crippen LogP contribution in [0.3, 0.4) is 0 Å². The van der Waals surface area contributed by atoms with E-state index < -0.39 is 16.9 Å². The lowest BCUT2D eigenvalue weighted by atomic mass is 9.90. The number of nitro groups is 1. The predicted octanol–water partition coefficient (Wildman–Crippen LogP) is 2.48. The first-order valence-corrected chi connectivity index (χ1v) is 7.57. The van der Waals surface area contributed by atoms with Gasteiger partial charge >= 0.3 is 5.97 Å². The average Bonchev–Trinajstić information content (AvgIpc) is 2.61. The standard InChI is InChI=1S/C18H18N2O5/c1-4-13(18(22)25-3)14-7-5-6-8-15(14)17(21)16-11(2)9-12(10-19-16)20(23)24/h4-10,16,19H,1-3H3/b13-4+. The van der Waals surface area contributed by atoms with Gasteiger partial charge in [0.25, 0.3) is 5.70 Å². The highest BCUT2D eigenvalue weighted by Gasteiger charge is 2.29. The van der Waals surface area contributed by atoms with Gasteiger partial charge in [-0.25, -0.2) is 4.79 Å². The van der Waals surface area contributed by atoms with Crippen molar-refractivity contribution in [1.82, 2.24) is 5.32 Å². The van der Waals surface area contributed by atoms with Crippen LogP contribution < -0.4 is 5.32 Å². The molecule has 0 amide bonds. The molecule has 0 radical (unpaired) electrons. The Bertz CT molecular complexity index is 821. The quantitative estimate of drug-likeness (QED) is 0.290. The van der Waals surface area contributed by atoms with Gasteiger partial charge in [-0.1, -0.05) is 30.3 Å². The Balaban J connectivity index is 2.41. The summed E-state index contributed by atoms with van der Waals surface area (Å²) in [6.07, 6.45) is 4.15. The Hall–Kier alpha value is -3.22. The molecule has 0 spiro atoms. The first kappa shape index (κ1) is 18.1. The molecule has 7 heteroatoms. The van der Waals surface area contributed by atoms with E-state index in [1.807, 2.05) is 0 Å². The molecule has 7 nitrogen and oxygen atoms in total. The van der Waals surface area contributed by atoms with Crippen LogP contribution in [-0.4, -0.2) is 29.8 Å². The van der Waals surface area contributed by atoms with E-state index in [1.165, 1.54) is 19.4 Å². The van der Waals surface area contributed by atoms with Gasteiger partial charge in [-0.2, -0.15) is 0 Å². The van der Waals surface area contributed by atoms with Gasteiger partial charge in [0.1, 0.15) is 6.04 Å². The molecule has 1 N–H and O–H groups in total. The molecule has 2 rings (SSSR count). The Morgan fingerprint density at radius 3 is 2.44 bits per heavy atom. The van der Waals surface area contributed by atoms with Crippen molar-refractivity contribution >= 4 is 17.3 Å². The van der Waals surface area contributed by atoms with E-state index in [1.54, 1.807) is 44.2 Å². The van der Waals surface area contributed by atoms with E-state index in [2.05, 4.69) is 5.32 Å². The Morgan fingerprint density at radius 1 is 1.28 bits per heavy atom. The van der Waals surface area contributed by atoms with E-state index in [0.29, 0.717) is 16.7 Å². The molecule has 1 heterocycles. The number of hydrogen-bond acceptors (Lipinski definition) is 6. The third kappa shape index (κ3) is 3.65. The maximum absolute atomic E-state index is 13.0. The van der Waals surface area contributed by atoms with E-state index in [9.17, 15) is 19.7 Å². The molecule has 1 atom stereocenters. The summed E-state index contributed by atoms with van der Waals surface area (Å²) in [5.41, 5.74) is 1.49. The number of ether oxygens (including phenoxy) is 1. The molecule has 0 bridgehead atoms. The summed E-state index contributed by atoms with van der Waals surface area (Å²) in [4.78, 5) is 35.2. The number of nitrogens with zero attached hydrogens (tertiary/aromatic N) is 1. The number of dihydropyridines is 1. The molecule has 0 aromatic heterocycles. The summed E-state index contributed by atoms with van der Waals surface area (Å²) in [5.74, 6) is -0.826. The van der Waals surface area contributed by atoms with Crippen molar-refractivity contribution in [2.75, 3.05) is 7.11 Å². The predicted molar refractivity (Wildman–Crippen MR) is 92.2 cm³/mol. The molecule has 1 aromatic carbocycles. The lowest BCUT2D eigenvalue weighted by molar-refractivity contribution is -0.419. The lowest BCUT2D eigenvalue weighted by Crippen LogP contribution is -2.37. The van der Waals surface area contributed by atoms with Crippen molar-refractivity contribution in [3.63, 3.8) is 0 Å². The number of nitrogens with one attached hydrogen (secondary N) is 1. The smallest absolute Gasteiger partial charge is 0.338 e. The molecular weight excluding hydrogens is 324 g/mol. The van der Waals surface area contributed by atoms with Crippen molar-refractivity contribution in [3.05, 3.63) is 75.1 Å². The van der Waals surface area contributed by atoms with Gasteiger partial charge in [0.15, 0.2) is 5.78 Å². The van der Waals surface area contributed by atoms with E-state index in [0.717, 1.165) is 0 Å². The van der Waals surface area contributed by atoms with Gasteiger partial charge in [-0.15, -0.1) is 0 Å². The first-order valence-electron chi connectivity index (χ1n) is 7.57. The van der Waals surface area contributed by atoms with Gasteiger partial charge in [0.05, 0.1) is 23.8 Å². The summed E-state index contributed by atoms with van der Waals surface area (Å²) < 4.78 is 4.77. The molecule has 1 aromatic rings. The highest BCUT2D eigenvalue weighted by atomic mass is 16.6. The monoisotopic (exact) mass is 342 g/mol. The zero-order valence-corrected chi connectivity index (χ0v) is 14.1. The van der Waals surface area contributed by atoms with E-state index in [-0.39, 0.29) is 17.1 Å². The van der Waals surface area contributed by atoms with Crippen LogP contribution in [0, 0.1) is 10.1 Å². The molecule has 25 heavy (non-hydrogen) atoms. The van der Waals surface area contributed by atoms with Crippen LogP contribution in [0.4, 0.5) is 0 Å². The Morgan fingerprint density at radius 2 is 1.92 bits per heavy atom. The molecule has 1 aliphatic heterocycles. The van der Waals surface area contributed by atoms with Gasteiger partial charge in [0, 0.05) is 11.6 Å². The van der Waals surface area contributed by atoms with Crippen molar-refractivity contribution in [2.24, 2.45) is 0 Å². The van der Waals surface area contributed by atoms with Crippen LogP contribution in [0.25, 0.3) is 5.57 Å². The minimum absolute atomic E-state index is 0.112. The van der Waals surface area contributed by atoms with Crippen molar-refractivity contribution < 1.29 is 19.2 Å². The number of methoxy groups -OCH3 is 1. The molecule has 1 aliphatic rings. The van der Waals surface area contributed by atoms with Crippen LogP contribution in [-0.2, 0) is 9.53 Å². The maximum Gasteiger partial charge on any atom is 0.338 e. The number of hydrogen-bond donors (Lipinski definition) is 1. The topological polar surface area (TPSA) is 98.5 Å². The number of allylic oxidation sites excluding steroid dienone is 2. The molecule has 130 valence electrons. The number of benzene rings is 1. The van der Waals surface area contributed by atoms with Gasteiger partial charge in [-0.05, 0) is 25.0 Å². The molecule has 0 saturated heterocycles. The summed E-state index contributed by atoms with van der Waals surface area (Å²) in [7, 11) is 1.27. The fourth-order valence-electron chi connectivity index (χ4n) is 2.63. The summed E-state index contributed by atoms with van der Waals surface area (Å²) in [5, 5.41) is 13.6. The summed E-state index contributed by atoms with van der Waals surface area (Å²) >= 11 is 0. The summed E-state index contributed by atoms with van der Waals surface area (Å²) in [6, 6.07) is 5.97. The second kappa shape index (κ2) is 7.57. The average molecular weight is 342 g/mol. The Labute approximate surface area is 144 Å². The maximum atomic E-state index is 13.0. The zero-order chi connectivity index (χ0) is 18.6. The number of carbonyl (C=O) groups excluding carboxylic acids is 2. The minimum Gasteiger partial charge on any atom is -0.465 e. The normalized spacial score (nSPS) is 17.1. The van der Waals surface area contributed by atoms with E-state index >= 15 is 0 Å². The van der Waals surface area contributed by atoms with Gasteiger partial charge < -0.3 is 10.1 Å². The first-order chi connectivity index (χ1) is 11.9. The number of Topliss-reactive ketones (excluding diaryl/α,β-unsaturated/α-hetero) is 1. The van der Waals surface area contributed by atoms with E-state index in [4.69, 9.17) is 4.74 Å². The third-order valence-electron chi connectivity index (χ3n) is 3.88. The zero-order valence-electron chi connectivity index (χ0n) is 14.1. The largest absolute Gasteiger partial charge is 0.465 e. The van der Waals surface area contributed by atoms with Crippen molar-refractivity contribution in [2.45, 2.75) is 19.9 Å². The highest BCUT2D eigenvalue weighted by molar-refractivity contribution is 6.20. The van der Waals surface area contributed by atoms with Gasteiger partial charge in [0.2, 0.25) is 0 Å². The lowest BCUT2D eigenvalue weighted by Gasteiger charge is -2.21. The molecule has 0 saturated carbocycles. The van der Waals surface area contributed by atoms with Crippen molar-refractivity contribution in [1.29, 1.82) is 0 Å². The van der Waals surface area contributed by atoms with Crippen LogP contribution in [0.1, 0.15) is 29.8 Å². The molecule has 0 aliphatic carbocycles. The Kier molecular flexibility index (Phi) is 5.49. The number of carbonyl (C=O) groups is 2. The second-order valence-electron chi connectivity index (χ2n) is 5.42. The minimum atomic E-state index is -0.736. The number of rotatable bonds is 5. The molecular formula is C18H18N2O5. The number of ketones is 1. The van der Waals surface area contributed by atoms with Crippen LogP contribution in [0.5, 0.6) is 0 Å². The van der Waals surface area contributed by atoms with Crippen molar-refractivity contribution in [3.8, 4) is 0 Å². The third-order valence-corrected chi connectivity index (χ3v) is 3.88. The number of esters is 1. The van der Waals surface area contributed by atoms with Crippen LogP contribution in [0.15, 0.2) is 53.9 Å². The fraction of sp³-hybridized carbons (Fsp3) is 0.222. The fourth-order valence-corrected chi connectivity index (χ4v) is 2.63. The SMILES string of the molecule is C/C=C(/C(=O)OC)c1ccccc1C(=O)C1NC=C([N+](=O)[O-])C=C1C. The molecule has 0 fully saturated rings. The molecule has 1 unspecified atom stereocenters. The summed E-state index contributed by atoms with van der Waals surface area (Å²) in [6.45, 7) is 3.33. The van der Waals surface area contributed by atoms with Gasteiger partial charge in [-0.3, -0.25) is 14.9 Å². The highest BCUT2D eigenvalue weighted by Crippen LogP contribution is 2.24. The van der Waals surface area contributed by atoms with Crippen LogP contribution >= 0.6 is 0 Å².